The molecule has 37 heavy (non-hydrogen) atoms. The zero-order valence-electron chi connectivity index (χ0n) is 22.1. The lowest BCUT2D eigenvalue weighted by Gasteiger charge is -2.33. The number of carbonyl (C=O) groups is 2. The van der Waals surface area contributed by atoms with Gasteiger partial charge in [-0.15, -0.1) is 0 Å². The van der Waals surface area contributed by atoms with Crippen molar-refractivity contribution in [1.82, 2.24) is 10.2 Å². The highest BCUT2D eigenvalue weighted by Crippen LogP contribution is 2.20. The van der Waals surface area contributed by atoms with Gasteiger partial charge in [0.25, 0.3) is 0 Å². The number of hydrogen-bond acceptors (Lipinski definition) is 4. The Balaban J connectivity index is 1.69. The minimum atomic E-state index is -3.49. The summed E-state index contributed by atoms with van der Waals surface area (Å²) >= 11 is 0. The molecule has 0 aromatic heterocycles. The van der Waals surface area contributed by atoms with Crippen LogP contribution in [-0.4, -0.2) is 56.6 Å². The Morgan fingerprint density at radius 1 is 0.946 bits per heavy atom. The van der Waals surface area contributed by atoms with Crippen LogP contribution in [0, 0.1) is 0 Å². The first-order chi connectivity index (χ1) is 17.8. The SMILES string of the molecule is CC[C@H](C(=O)NC1CCCCC1)N(CCc1ccccc1)C(=O)CCCN(c1ccccc1)S(C)(=O)=O. The van der Waals surface area contributed by atoms with E-state index in [4.69, 9.17) is 0 Å². The van der Waals surface area contributed by atoms with Crippen molar-refractivity contribution in [2.24, 2.45) is 0 Å². The van der Waals surface area contributed by atoms with Gasteiger partial charge in [0.1, 0.15) is 6.04 Å². The number of amides is 2. The van der Waals surface area contributed by atoms with E-state index in [1.165, 1.54) is 17.0 Å². The Kier molecular flexibility index (Phi) is 11.0. The van der Waals surface area contributed by atoms with Gasteiger partial charge in [0, 0.05) is 25.6 Å². The van der Waals surface area contributed by atoms with Gasteiger partial charge in [-0.3, -0.25) is 13.9 Å². The first-order valence-corrected chi connectivity index (χ1v) is 15.3. The number of para-hydroxylation sites is 1. The van der Waals surface area contributed by atoms with E-state index in [0.717, 1.165) is 31.2 Å². The maximum Gasteiger partial charge on any atom is 0.243 e. The topological polar surface area (TPSA) is 86.8 Å². The second-order valence-corrected chi connectivity index (χ2v) is 11.8. The van der Waals surface area contributed by atoms with E-state index < -0.39 is 16.1 Å². The normalized spacial score (nSPS) is 15.1. The molecule has 0 spiro atoms. The second-order valence-electron chi connectivity index (χ2n) is 9.86. The molecule has 1 atom stereocenters. The van der Waals surface area contributed by atoms with Crippen LogP contribution >= 0.6 is 0 Å². The Hall–Kier alpha value is -2.87. The van der Waals surface area contributed by atoms with E-state index in [1.54, 1.807) is 29.2 Å². The summed E-state index contributed by atoms with van der Waals surface area (Å²) in [6, 6.07) is 18.5. The van der Waals surface area contributed by atoms with Crippen molar-refractivity contribution in [2.45, 2.75) is 76.8 Å². The summed E-state index contributed by atoms with van der Waals surface area (Å²) < 4.78 is 26.2. The molecule has 0 aliphatic heterocycles. The molecule has 202 valence electrons. The van der Waals surface area contributed by atoms with Gasteiger partial charge >= 0.3 is 0 Å². The van der Waals surface area contributed by atoms with Gasteiger partial charge in [0.15, 0.2) is 0 Å². The summed E-state index contributed by atoms with van der Waals surface area (Å²) in [5, 5.41) is 3.20. The Morgan fingerprint density at radius 2 is 1.57 bits per heavy atom. The van der Waals surface area contributed by atoms with E-state index in [0.29, 0.717) is 31.5 Å². The number of rotatable bonds is 13. The number of sulfonamides is 1. The first kappa shape index (κ1) is 28.7. The summed E-state index contributed by atoms with van der Waals surface area (Å²) in [6.07, 6.45) is 8.31. The second kappa shape index (κ2) is 14.2. The molecule has 2 aromatic rings. The molecular weight excluding hydrogens is 486 g/mol. The summed E-state index contributed by atoms with van der Waals surface area (Å²) in [6.45, 7) is 2.58. The molecule has 8 heteroatoms. The monoisotopic (exact) mass is 527 g/mol. The molecule has 0 heterocycles. The van der Waals surface area contributed by atoms with Gasteiger partial charge in [-0.25, -0.2) is 8.42 Å². The van der Waals surface area contributed by atoms with Crippen molar-refractivity contribution in [3.63, 3.8) is 0 Å². The number of nitrogens with one attached hydrogen (secondary N) is 1. The molecule has 2 aromatic carbocycles. The highest BCUT2D eigenvalue weighted by Gasteiger charge is 2.30. The highest BCUT2D eigenvalue weighted by atomic mass is 32.2. The molecule has 1 N–H and O–H groups in total. The lowest BCUT2D eigenvalue weighted by Crippen LogP contribution is -2.52. The van der Waals surface area contributed by atoms with Crippen LogP contribution < -0.4 is 9.62 Å². The molecule has 0 saturated heterocycles. The Labute approximate surface area is 222 Å². The Bertz CT molecular complexity index is 1090. The third kappa shape index (κ3) is 8.88. The van der Waals surface area contributed by atoms with Crippen LogP contribution in [-0.2, 0) is 26.0 Å². The van der Waals surface area contributed by atoms with Crippen LogP contribution in [0.1, 0.15) is 63.9 Å². The fourth-order valence-corrected chi connectivity index (χ4v) is 6.00. The standard InChI is InChI=1S/C29H41N3O4S/c1-3-27(29(34)30-25-16-9-5-10-17-25)31(23-21-24-14-7-4-8-15-24)28(33)20-13-22-32(37(2,35)36)26-18-11-6-12-19-26/h4,6-8,11-12,14-15,18-19,25,27H,3,5,9-10,13,16-17,20-23H2,1-2H3,(H,30,34)/t27-/m1/s1. The number of nitrogens with zero attached hydrogens (tertiary/aromatic N) is 2. The number of hydrogen-bond donors (Lipinski definition) is 1. The van der Waals surface area contributed by atoms with Crippen LogP contribution in [0.4, 0.5) is 5.69 Å². The van der Waals surface area contributed by atoms with Gasteiger partial charge in [-0.2, -0.15) is 0 Å². The van der Waals surface area contributed by atoms with Crippen molar-refractivity contribution >= 4 is 27.5 Å². The zero-order chi connectivity index (χ0) is 26.7. The summed E-state index contributed by atoms with van der Waals surface area (Å²) in [5.41, 5.74) is 1.69. The van der Waals surface area contributed by atoms with Gasteiger partial charge in [-0.1, -0.05) is 74.7 Å². The van der Waals surface area contributed by atoms with E-state index in [9.17, 15) is 18.0 Å². The number of anilines is 1. The quantitative estimate of drug-likeness (QED) is 0.415. The molecular formula is C29H41N3O4S. The molecule has 1 aliphatic rings. The molecule has 1 aliphatic carbocycles. The van der Waals surface area contributed by atoms with Crippen LogP contribution in [0.25, 0.3) is 0 Å². The minimum absolute atomic E-state index is 0.0853. The largest absolute Gasteiger partial charge is 0.352 e. The molecule has 3 rings (SSSR count). The zero-order valence-corrected chi connectivity index (χ0v) is 23.0. The lowest BCUT2D eigenvalue weighted by molar-refractivity contribution is -0.141. The van der Waals surface area contributed by atoms with Gasteiger partial charge in [-0.05, 0) is 49.8 Å². The smallest absolute Gasteiger partial charge is 0.243 e. The molecule has 7 nitrogen and oxygen atoms in total. The maximum atomic E-state index is 13.5. The average Bonchev–Trinajstić information content (AvgIpc) is 2.89. The molecule has 1 saturated carbocycles. The van der Waals surface area contributed by atoms with Crippen LogP contribution in [0.2, 0.25) is 0 Å². The van der Waals surface area contributed by atoms with Crippen molar-refractivity contribution < 1.29 is 18.0 Å². The van der Waals surface area contributed by atoms with Crippen molar-refractivity contribution in [2.75, 3.05) is 23.7 Å². The molecule has 0 unspecified atom stereocenters. The fraction of sp³-hybridized carbons (Fsp3) is 0.517. The maximum absolute atomic E-state index is 13.5. The van der Waals surface area contributed by atoms with E-state index in [2.05, 4.69) is 5.32 Å². The van der Waals surface area contributed by atoms with Gasteiger partial charge in [0.2, 0.25) is 21.8 Å². The van der Waals surface area contributed by atoms with Gasteiger partial charge < -0.3 is 10.2 Å². The summed E-state index contributed by atoms with van der Waals surface area (Å²) in [4.78, 5) is 28.5. The third-order valence-electron chi connectivity index (χ3n) is 7.02. The average molecular weight is 528 g/mol. The van der Waals surface area contributed by atoms with Crippen LogP contribution in [0.15, 0.2) is 60.7 Å². The van der Waals surface area contributed by atoms with E-state index in [-0.39, 0.29) is 30.8 Å². The predicted molar refractivity (Wildman–Crippen MR) is 149 cm³/mol. The predicted octanol–water partition coefficient (Wildman–Crippen LogP) is 4.53. The third-order valence-corrected chi connectivity index (χ3v) is 8.21. The Morgan fingerprint density at radius 3 is 2.16 bits per heavy atom. The molecule has 0 radical (unpaired) electrons. The molecule has 1 fully saturated rings. The van der Waals surface area contributed by atoms with E-state index in [1.807, 2.05) is 43.3 Å². The van der Waals surface area contributed by atoms with Crippen molar-refractivity contribution in [1.29, 1.82) is 0 Å². The van der Waals surface area contributed by atoms with Crippen LogP contribution in [0.5, 0.6) is 0 Å². The van der Waals surface area contributed by atoms with Crippen LogP contribution in [0.3, 0.4) is 0 Å². The number of benzene rings is 2. The van der Waals surface area contributed by atoms with Crippen molar-refractivity contribution in [3.05, 3.63) is 66.2 Å². The number of carbonyl (C=O) groups excluding carboxylic acids is 2. The molecule has 2 amide bonds. The van der Waals surface area contributed by atoms with Crippen molar-refractivity contribution in [3.8, 4) is 0 Å². The molecule has 0 bridgehead atoms. The summed E-state index contributed by atoms with van der Waals surface area (Å²) in [7, 11) is -3.49. The fourth-order valence-electron chi connectivity index (χ4n) is 5.04. The first-order valence-electron chi connectivity index (χ1n) is 13.5. The minimum Gasteiger partial charge on any atom is -0.352 e. The highest BCUT2D eigenvalue weighted by molar-refractivity contribution is 7.92. The van der Waals surface area contributed by atoms with Gasteiger partial charge in [0.05, 0.1) is 11.9 Å². The summed E-state index contributed by atoms with van der Waals surface area (Å²) in [5.74, 6) is -0.207. The lowest BCUT2D eigenvalue weighted by atomic mass is 9.95. The van der Waals surface area contributed by atoms with E-state index >= 15 is 0 Å².